The zero-order valence-corrected chi connectivity index (χ0v) is 7.60. The molecule has 0 aliphatic rings. The fourth-order valence-corrected chi connectivity index (χ4v) is 1.11. The van der Waals surface area contributed by atoms with E-state index in [4.69, 9.17) is 11.0 Å². The van der Waals surface area contributed by atoms with Gasteiger partial charge in [0.15, 0.2) is 0 Å². The highest BCUT2D eigenvalue weighted by Gasteiger charge is 2.01. The Kier molecular flexibility index (Phi) is 3.45. The molecule has 1 rings (SSSR count). The highest BCUT2D eigenvalue weighted by Crippen LogP contribution is 2.17. The molecule has 0 fully saturated rings. The van der Waals surface area contributed by atoms with Crippen molar-refractivity contribution in [2.75, 3.05) is 5.73 Å². The van der Waals surface area contributed by atoms with Gasteiger partial charge in [0.2, 0.25) is 0 Å². The largest absolute Gasteiger partial charge is 0.398 e. The van der Waals surface area contributed by atoms with Crippen LogP contribution in [-0.4, -0.2) is 6.29 Å². The van der Waals surface area contributed by atoms with Crippen LogP contribution >= 0.6 is 0 Å². The summed E-state index contributed by atoms with van der Waals surface area (Å²) >= 11 is 0. The number of allylic oxidation sites excluding steroid dienone is 1. The zero-order valence-electron chi connectivity index (χ0n) is 7.60. The molecule has 3 nitrogen and oxygen atoms in total. The van der Waals surface area contributed by atoms with Gasteiger partial charge in [0, 0.05) is 6.42 Å². The molecular formula is C11H10N2O. The minimum Gasteiger partial charge on any atom is -0.398 e. The van der Waals surface area contributed by atoms with Crippen LogP contribution in [0.3, 0.4) is 0 Å². The van der Waals surface area contributed by atoms with Crippen LogP contribution in [0.5, 0.6) is 0 Å². The molecule has 0 bridgehead atoms. The van der Waals surface area contributed by atoms with Gasteiger partial charge in [0.25, 0.3) is 0 Å². The molecule has 70 valence electrons. The van der Waals surface area contributed by atoms with Crippen molar-refractivity contribution >= 4 is 18.0 Å². The number of benzene rings is 1. The van der Waals surface area contributed by atoms with E-state index in [1.54, 1.807) is 30.4 Å². The Balaban J connectivity index is 3.03. The van der Waals surface area contributed by atoms with Gasteiger partial charge in [0.05, 0.1) is 11.3 Å². The number of aldehydes is 1. The molecule has 0 saturated heterocycles. The third-order valence-electron chi connectivity index (χ3n) is 1.77. The van der Waals surface area contributed by atoms with E-state index in [2.05, 4.69) is 0 Å². The van der Waals surface area contributed by atoms with Gasteiger partial charge in [-0.2, -0.15) is 5.26 Å². The maximum absolute atomic E-state index is 10.1. The summed E-state index contributed by atoms with van der Waals surface area (Å²) in [5, 5.41) is 8.82. The van der Waals surface area contributed by atoms with Gasteiger partial charge in [-0.3, -0.25) is 0 Å². The summed E-state index contributed by atoms with van der Waals surface area (Å²) < 4.78 is 0. The lowest BCUT2D eigenvalue weighted by Gasteiger charge is -2.00. The molecule has 0 aliphatic heterocycles. The number of rotatable bonds is 3. The lowest BCUT2D eigenvalue weighted by Crippen LogP contribution is -1.92. The van der Waals surface area contributed by atoms with E-state index in [9.17, 15) is 4.79 Å². The van der Waals surface area contributed by atoms with Crippen LogP contribution in [0.2, 0.25) is 0 Å². The topological polar surface area (TPSA) is 66.9 Å². The quantitative estimate of drug-likeness (QED) is 0.577. The van der Waals surface area contributed by atoms with Crippen LogP contribution in [0.1, 0.15) is 17.5 Å². The van der Waals surface area contributed by atoms with Crippen LogP contribution in [-0.2, 0) is 4.79 Å². The van der Waals surface area contributed by atoms with Crippen LogP contribution in [0.25, 0.3) is 6.08 Å². The van der Waals surface area contributed by atoms with Crippen molar-refractivity contribution < 1.29 is 4.79 Å². The number of nitriles is 1. The second-order valence-corrected chi connectivity index (χ2v) is 2.73. The van der Waals surface area contributed by atoms with Crippen molar-refractivity contribution in [3.8, 4) is 6.07 Å². The number of nitrogens with two attached hydrogens (primary N) is 1. The molecule has 0 radical (unpaired) electrons. The van der Waals surface area contributed by atoms with Gasteiger partial charge in [-0.25, -0.2) is 0 Å². The first-order chi connectivity index (χ1) is 6.79. The van der Waals surface area contributed by atoms with E-state index in [0.29, 0.717) is 17.7 Å². The molecule has 0 amide bonds. The molecule has 0 aromatic heterocycles. The number of carbonyl (C=O) groups excluding carboxylic acids is 1. The smallest absolute Gasteiger partial charge is 0.123 e. The molecule has 0 spiro atoms. The third-order valence-corrected chi connectivity index (χ3v) is 1.77. The van der Waals surface area contributed by atoms with Crippen LogP contribution < -0.4 is 5.73 Å². The van der Waals surface area contributed by atoms with Gasteiger partial charge in [-0.15, -0.1) is 0 Å². The Hall–Kier alpha value is -2.08. The van der Waals surface area contributed by atoms with Crippen molar-refractivity contribution in [3.63, 3.8) is 0 Å². The van der Waals surface area contributed by atoms with Crippen molar-refractivity contribution in [3.05, 3.63) is 35.4 Å². The van der Waals surface area contributed by atoms with Gasteiger partial charge in [0.1, 0.15) is 12.4 Å². The van der Waals surface area contributed by atoms with E-state index >= 15 is 0 Å². The first-order valence-electron chi connectivity index (χ1n) is 4.18. The van der Waals surface area contributed by atoms with Gasteiger partial charge in [-0.1, -0.05) is 24.3 Å². The fraction of sp³-hybridized carbons (Fsp3) is 0.0909. The molecule has 0 heterocycles. The Labute approximate surface area is 82.5 Å². The lowest BCUT2D eigenvalue weighted by molar-refractivity contribution is -0.107. The predicted octanol–water partition coefficient (Wildman–Crippen LogP) is 1.74. The number of hydrogen-bond acceptors (Lipinski definition) is 3. The minimum absolute atomic E-state index is 0.347. The Morgan fingerprint density at radius 3 is 2.93 bits per heavy atom. The number of nitrogen functional groups attached to an aromatic ring is 1. The standard InChI is InChI=1S/C11H10N2O/c12-8-10-9(4-1-2-7-14)5-3-6-11(10)13/h1,3-7H,2,13H2. The fourth-order valence-electron chi connectivity index (χ4n) is 1.11. The summed E-state index contributed by atoms with van der Waals surface area (Å²) in [6.45, 7) is 0. The molecule has 1 aromatic rings. The molecule has 0 atom stereocenters. The maximum atomic E-state index is 10.1. The van der Waals surface area contributed by atoms with E-state index in [1.165, 1.54) is 0 Å². The average Bonchev–Trinajstić information content (AvgIpc) is 2.18. The van der Waals surface area contributed by atoms with Crippen molar-refractivity contribution in [2.45, 2.75) is 6.42 Å². The van der Waals surface area contributed by atoms with E-state index < -0.39 is 0 Å². The maximum Gasteiger partial charge on any atom is 0.123 e. The molecule has 0 saturated carbocycles. The summed E-state index contributed by atoms with van der Waals surface area (Å²) in [7, 11) is 0. The molecule has 2 N–H and O–H groups in total. The number of hydrogen-bond donors (Lipinski definition) is 1. The molecule has 0 unspecified atom stereocenters. The Morgan fingerprint density at radius 2 is 2.29 bits per heavy atom. The molecule has 14 heavy (non-hydrogen) atoms. The summed E-state index contributed by atoms with van der Waals surface area (Å²) in [4.78, 5) is 10.1. The third kappa shape index (κ3) is 2.20. The predicted molar refractivity (Wildman–Crippen MR) is 55.3 cm³/mol. The van der Waals surface area contributed by atoms with Gasteiger partial charge < -0.3 is 10.5 Å². The van der Waals surface area contributed by atoms with Crippen LogP contribution in [0.4, 0.5) is 5.69 Å². The second kappa shape index (κ2) is 4.83. The van der Waals surface area contributed by atoms with Crippen molar-refractivity contribution in [2.24, 2.45) is 0 Å². The van der Waals surface area contributed by atoms with Crippen molar-refractivity contribution in [1.29, 1.82) is 5.26 Å². The number of anilines is 1. The lowest BCUT2D eigenvalue weighted by atomic mass is 10.1. The second-order valence-electron chi connectivity index (χ2n) is 2.73. The van der Waals surface area contributed by atoms with Crippen molar-refractivity contribution in [1.82, 2.24) is 0 Å². The summed E-state index contributed by atoms with van der Waals surface area (Å²) in [5.41, 5.74) is 7.27. The zero-order chi connectivity index (χ0) is 10.4. The highest BCUT2D eigenvalue weighted by molar-refractivity contribution is 5.68. The SMILES string of the molecule is N#Cc1c(N)cccc1C=CCC=O. The first-order valence-corrected chi connectivity index (χ1v) is 4.18. The van der Waals surface area contributed by atoms with Crippen LogP contribution in [0, 0.1) is 11.3 Å². The molecule has 0 aliphatic carbocycles. The summed E-state index contributed by atoms with van der Waals surface area (Å²) in [6.07, 6.45) is 4.57. The van der Waals surface area contributed by atoms with Gasteiger partial charge >= 0.3 is 0 Å². The van der Waals surface area contributed by atoms with E-state index in [0.717, 1.165) is 11.8 Å². The highest BCUT2D eigenvalue weighted by atomic mass is 16.1. The summed E-state index contributed by atoms with van der Waals surface area (Å²) in [6, 6.07) is 7.26. The Bertz CT molecular complexity index is 402. The number of carbonyl (C=O) groups is 1. The van der Waals surface area contributed by atoms with E-state index in [-0.39, 0.29) is 0 Å². The normalized spacial score (nSPS) is 9.93. The molecular weight excluding hydrogens is 176 g/mol. The summed E-state index contributed by atoms with van der Waals surface area (Å²) in [5.74, 6) is 0. The average molecular weight is 186 g/mol. The van der Waals surface area contributed by atoms with E-state index in [1.807, 2.05) is 6.07 Å². The molecule has 1 aromatic carbocycles. The first kappa shape index (κ1) is 10.0. The van der Waals surface area contributed by atoms with Crippen LogP contribution in [0.15, 0.2) is 24.3 Å². The molecule has 3 heteroatoms. The number of nitrogens with zero attached hydrogens (tertiary/aromatic N) is 1. The minimum atomic E-state index is 0.347. The van der Waals surface area contributed by atoms with Gasteiger partial charge in [-0.05, 0) is 11.6 Å². The Morgan fingerprint density at radius 1 is 1.50 bits per heavy atom. The monoisotopic (exact) mass is 186 g/mol.